The first-order valence-electron chi connectivity index (χ1n) is 9.68. The number of hydrogen-bond donors (Lipinski definition) is 2. The van der Waals surface area contributed by atoms with Crippen LogP contribution < -0.4 is 10.6 Å². The number of benzene rings is 1. The molecule has 2 aromatic heterocycles. The van der Waals surface area contributed by atoms with E-state index >= 15 is 0 Å². The van der Waals surface area contributed by atoms with Crippen LogP contribution in [0.3, 0.4) is 0 Å². The quantitative estimate of drug-likeness (QED) is 0.670. The molecule has 0 aliphatic heterocycles. The molecule has 0 aliphatic carbocycles. The van der Waals surface area contributed by atoms with Gasteiger partial charge >= 0.3 is 0 Å². The van der Waals surface area contributed by atoms with Gasteiger partial charge in [-0.15, -0.1) is 0 Å². The summed E-state index contributed by atoms with van der Waals surface area (Å²) in [7, 11) is 1.77. The third-order valence-electron chi connectivity index (χ3n) is 4.61. The zero-order valence-electron chi connectivity index (χ0n) is 17.8. The van der Waals surface area contributed by atoms with Gasteiger partial charge in [0, 0.05) is 26.2 Å². The Morgan fingerprint density at radius 3 is 2.60 bits per heavy atom. The van der Waals surface area contributed by atoms with Crippen LogP contribution in [0.1, 0.15) is 48.8 Å². The molecule has 0 spiro atoms. The van der Waals surface area contributed by atoms with Gasteiger partial charge in [0.05, 0.1) is 5.69 Å². The van der Waals surface area contributed by atoms with Crippen molar-refractivity contribution in [3.05, 3.63) is 53.4 Å². The van der Waals surface area contributed by atoms with E-state index < -0.39 is 0 Å². The number of nitrogens with zero attached hydrogens (tertiary/aromatic N) is 3. The Hall–Kier alpha value is -3.29. The summed E-state index contributed by atoms with van der Waals surface area (Å²) < 4.78 is 15.1. The number of carbonyl (C=O) groups excluding carboxylic acids is 2. The molecule has 0 bridgehead atoms. The molecule has 0 saturated heterocycles. The van der Waals surface area contributed by atoms with Crippen molar-refractivity contribution in [1.29, 1.82) is 0 Å². The number of hydrogen-bond acceptors (Lipinski definition) is 4. The normalized spacial score (nSPS) is 11.5. The summed E-state index contributed by atoms with van der Waals surface area (Å²) in [6, 6.07) is 4.70. The van der Waals surface area contributed by atoms with Gasteiger partial charge in [-0.2, -0.15) is 0 Å². The summed E-state index contributed by atoms with van der Waals surface area (Å²) in [4.78, 5) is 33.5. The van der Waals surface area contributed by atoms with E-state index in [1.165, 1.54) is 12.4 Å². The van der Waals surface area contributed by atoms with Gasteiger partial charge in [0.25, 0.3) is 5.91 Å². The van der Waals surface area contributed by atoms with Gasteiger partial charge in [0.15, 0.2) is 5.69 Å². The number of anilines is 1. The lowest BCUT2D eigenvalue weighted by Gasteiger charge is -2.16. The number of carbonyl (C=O) groups is 2. The fourth-order valence-corrected chi connectivity index (χ4v) is 3.25. The van der Waals surface area contributed by atoms with E-state index in [1.807, 2.05) is 20.8 Å². The Bertz CT molecular complexity index is 1110. The minimum atomic E-state index is -0.377. The number of rotatable bonds is 5. The van der Waals surface area contributed by atoms with Crippen molar-refractivity contribution >= 4 is 28.5 Å². The smallest absolute Gasteiger partial charge is 0.272 e. The topological polar surface area (TPSA) is 88.9 Å². The Kier molecular flexibility index (Phi) is 5.87. The van der Waals surface area contributed by atoms with Crippen LogP contribution in [0.2, 0.25) is 0 Å². The molecule has 0 atom stereocenters. The predicted molar refractivity (Wildman–Crippen MR) is 114 cm³/mol. The molecule has 0 radical (unpaired) electrons. The van der Waals surface area contributed by atoms with Crippen molar-refractivity contribution in [3.63, 3.8) is 0 Å². The summed E-state index contributed by atoms with van der Waals surface area (Å²) in [6.45, 7) is 7.88. The summed E-state index contributed by atoms with van der Waals surface area (Å²) in [5.41, 5.74) is 2.92. The Labute approximate surface area is 174 Å². The minimum Gasteiger partial charge on any atom is -0.347 e. The van der Waals surface area contributed by atoms with E-state index in [-0.39, 0.29) is 35.3 Å². The monoisotopic (exact) mass is 411 g/mol. The Balaban J connectivity index is 1.82. The summed E-state index contributed by atoms with van der Waals surface area (Å²) in [6.07, 6.45) is 3.39. The third kappa shape index (κ3) is 4.82. The summed E-state index contributed by atoms with van der Waals surface area (Å²) in [5, 5.41) is 5.69. The number of fused-ring (bicyclic) bond motifs is 1. The average Bonchev–Trinajstić information content (AvgIpc) is 2.96. The molecule has 0 aliphatic rings. The Morgan fingerprint density at radius 2 is 1.93 bits per heavy atom. The van der Waals surface area contributed by atoms with Crippen molar-refractivity contribution in [2.75, 3.05) is 5.32 Å². The highest BCUT2D eigenvalue weighted by Crippen LogP contribution is 2.26. The zero-order valence-corrected chi connectivity index (χ0v) is 17.8. The SMILES string of the molecule is Cc1cc(CNC(=O)c2ncnc3c(NC(=O)CC(C)(C)C)cn(C)c23)ccc1F. The average molecular weight is 411 g/mol. The number of amides is 2. The molecule has 8 heteroatoms. The molecule has 158 valence electrons. The van der Waals surface area contributed by atoms with Gasteiger partial charge in [-0.05, 0) is 29.5 Å². The molecular weight excluding hydrogens is 385 g/mol. The lowest BCUT2D eigenvalue weighted by Crippen LogP contribution is -2.24. The van der Waals surface area contributed by atoms with Gasteiger partial charge in [-0.1, -0.05) is 32.9 Å². The van der Waals surface area contributed by atoms with Gasteiger partial charge in [0.2, 0.25) is 5.91 Å². The molecule has 3 aromatic rings. The van der Waals surface area contributed by atoms with E-state index in [4.69, 9.17) is 0 Å². The number of aromatic nitrogens is 3. The third-order valence-corrected chi connectivity index (χ3v) is 4.61. The van der Waals surface area contributed by atoms with Crippen LogP contribution in [0, 0.1) is 18.2 Å². The van der Waals surface area contributed by atoms with Crippen LogP contribution in [0.25, 0.3) is 11.0 Å². The molecule has 0 unspecified atom stereocenters. The maximum Gasteiger partial charge on any atom is 0.272 e. The predicted octanol–water partition coefficient (Wildman–Crippen LogP) is 3.72. The standard InChI is InChI=1S/C22H26FN5O2/c1-13-8-14(6-7-15(13)23)10-24-21(30)19-20-18(25-12-26-19)16(11-28(20)5)27-17(29)9-22(2,3)4/h6-8,11-12H,9-10H2,1-5H3,(H,24,30)(H,27,29). The largest absolute Gasteiger partial charge is 0.347 e. The summed E-state index contributed by atoms with van der Waals surface area (Å²) in [5.74, 6) is -0.781. The van der Waals surface area contributed by atoms with E-state index in [9.17, 15) is 14.0 Å². The first-order valence-corrected chi connectivity index (χ1v) is 9.68. The van der Waals surface area contributed by atoms with Crippen LogP contribution in [0.5, 0.6) is 0 Å². The van der Waals surface area contributed by atoms with Crippen molar-refractivity contribution in [3.8, 4) is 0 Å². The molecule has 0 fully saturated rings. The first kappa shape index (κ1) is 21.4. The lowest BCUT2D eigenvalue weighted by atomic mass is 9.92. The molecule has 30 heavy (non-hydrogen) atoms. The van der Waals surface area contributed by atoms with Crippen molar-refractivity contribution in [2.45, 2.75) is 40.7 Å². The molecule has 2 amide bonds. The van der Waals surface area contributed by atoms with E-state index in [2.05, 4.69) is 20.6 Å². The van der Waals surface area contributed by atoms with Gasteiger partial charge in [-0.25, -0.2) is 14.4 Å². The highest BCUT2D eigenvalue weighted by molar-refractivity contribution is 6.08. The fraction of sp³-hybridized carbons (Fsp3) is 0.364. The highest BCUT2D eigenvalue weighted by atomic mass is 19.1. The van der Waals surface area contributed by atoms with Crippen LogP contribution in [-0.4, -0.2) is 26.3 Å². The molecule has 1 aromatic carbocycles. The number of aryl methyl sites for hydroxylation is 2. The van der Waals surface area contributed by atoms with Gasteiger partial charge in [-0.3, -0.25) is 9.59 Å². The van der Waals surface area contributed by atoms with E-state index in [0.717, 1.165) is 5.56 Å². The fourth-order valence-electron chi connectivity index (χ4n) is 3.25. The van der Waals surface area contributed by atoms with Crippen LogP contribution in [0.15, 0.2) is 30.7 Å². The number of nitrogens with one attached hydrogen (secondary N) is 2. The van der Waals surface area contributed by atoms with Crippen molar-refractivity contribution < 1.29 is 14.0 Å². The highest BCUT2D eigenvalue weighted by Gasteiger charge is 2.21. The molecule has 7 nitrogen and oxygen atoms in total. The second-order valence-corrected chi connectivity index (χ2v) is 8.62. The molecule has 3 rings (SSSR count). The molecule has 2 N–H and O–H groups in total. The second-order valence-electron chi connectivity index (χ2n) is 8.62. The minimum absolute atomic E-state index is 0.119. The number of halogens is 1. The van der Waals surface area contributed by atoms with E-state index in [1.54, 1.807) is 36.9 Å². The summed E-state index contributed by atoms with van der Waals surface area (Å²) >= 11 is 0. The van der Waals surface area contributed by atoms with Gasteiger partial charge in [0.1, 0.15) is 23.2 Å². The molecular formula is C22H26FN5O2. The van der Waals surface area contributed by atoms with Gasteiger partial charge < -0.3 is 15.2 Å². The van der Waals surface area contributed by atoms with Crippen molar-refractivity contribution in [1.82, 2.24) is 19.9 Å². The van der Waals surface area contributed by atoms with Crippen LogP contribution in [0.4, 0.5) is 10.1 Å². The second kappa shape index (κ2) is 8.22. The maximum atomic E-state index is 13.4. The van der Waals surface area contributed by atoms with Crippen molar-refractivity contribution in [2.24, 2.45) is 12.5 Å². The molecule has 0 saturated carbocycles. The lowest BCUT2D eigenvalue weighted by molar-refractivity contribution is -0.117. The van der Waals surface area contributed by atoms with Crippen LogP contribution in [-0.2, 0) is 18.4 Å². The van der Waals surface area contributed by atoms with E-state index in [0.29, 0.717) is 28.7 Å². The Morgan fingerprint density at radius 1 is 1.20 bits per heavy atom. The molecule has 2 heterocycles. The maximum absolute atomic E-state index is 13.4. The van der Waals surface area contributed by atoms with Crippen LogP contribution >= 0.6 is 0 Å². The zero-order chi connectivity index (χ0) is 22.1. The first-order chi connectivity index (χ1) is 14.0.